The van der Waals surface area contributed by atoms with E-state index in [1.807, 2.05) is 26.0 Å². The normalized spacial score (nSPS) is 22.1. The van der Waals surface area contributed by atoms with Crippen molar-refractivity contribution in [3.05, 3.63) is 29.8 Å². The third-order valence-electron chi connectivity index (χ3n) is 3.73. The van der Waals surface area contributed by atoms with Crippen molar-refractivity contribution in [3.63, 3.8) is 0 Å². The molecule has 0 aliphatic carbocycles. The molecule has 0 radical (unpaired) electrons. The Hall–Kier alpha value is -0.620. The lowest BCUT2D eigenvalue weighted by molar-refractivity contribution is 0.227. The van der Waals surface area contributed by atoms with Crippen molar-refractivity contribution in [2.75, 3.05) is 6.54 Å². The summed E-state index contributed by atoms with van der Waals surface area (Å²) in [6.07, 6.45) is 2.81. The van der Waals surface area contributed by atoms with Gasteiger partial charge in [0.25, 0.3) is 0 Å². The lowest BCUT2D eigenvalue weighted by atomic mass is 10.00. The number of halogens is 1. The standard InChI is InChI=1S/C14H22N2O2S.ClH/c1-11-6-8-13(9-7-11)19(17,18)16-10-4-3-5-14(16)12(2)15;/h6-9,12,14H,3-5,10,15H2,1-2H3;1H. The number of rotatable bonds is 3. The molecule has 1 aliphatic rings. The van der Waals surface area contributed by atoms with E-state index < -0.39 is 10.0 Å². The van der Waals surface area contributed by atoms with Crippen molar-refractivity contribution in [1.29, 1.82) is 0 Å². The van der Waals surface area contributed by atoms with Gasteiger partial charge in [0.1, 0.15) is 0 Å². The van der Waals surface area contributed by atoms with Gasteiger partial charge in [0.15, 0.2) is 0 Å². The molecular weight excluding hydrogens is 296 g/mol. The van der Waals surface area contributed by atoms with Crippen molar-refractivity contribution >= 4 is 22.4 Å². The molecule has 1 saturated heterocycles. The number of benzene rings is 1. The van der Waals surface area contributed by atoms with Crippen molar-refractivity contribution < 1.29 is 8.42 Å². The Morgan fingerprint density at radius 2 is 1.85 bits per heavy atom. The van der Waals surface area contributed by atoms with Gasteiger partial charge in [-0.3, -0.25) is 0 Å². The number of hydrogen-bond acceptors (Lipinski definition) is 3. The molecule has 2 unspecified atom stereocenters. The minimum atomic E-state index is -3.42. The largest absolute Gasteiger partial charge is 0.326 e. The molecule has 1 aromatic carbocycles. The number of hydrogen-bond donors (Lipinski definition) is 1. The number of nitrogens with two attached hydrogens (primary N) is 1. The predicted molar refractivity (Wildman–Crippen MR) is 83.6 cm³/mol. The Balaban J connectivity index is 0.00000200. The van der Waals surface area contributed by atoms with Crippen LogP contribution >= 0.6 is 12.4 Å². The summed E-state index contributed by atoms with van der Waals surface area (Å²) in [6, 6.07) is 6.80. The van der Waals surface area contributed by atoms with E-state index in [1.54, 1.807) is 16.4 Å². The first-order chi connectivity index (χ1) is 8.93. The number of aryl methyl sites for hydroxylation is 1. The van der Waals surface area contributed by atoms with Gasteiger partial charge in [0.05, 0.1) is 4.90 Å². The zero-order valence-electron chi connectivity index (χ0n) is 12.0. The lowest BCUT2D eigenvalue weighted by Crippen LogP contribution is -2.51. The molecule has 4 nitrogen and oxygen atoms in total. The molecule has 0 aromatic heterocycles. The number of sulfonamides is 1. The summed E-state index contributed by atoms with van der Waals surface area (Å²) in [5.74, 6) is 0. The third-order valence-corrected chi connectivity index (χ3v) is 5.67. The second kappa shape index (κ2) is 6.89. The summed E-state index contributed by atoms with van der Waals surface area (Å²) in [5, 5.41) is 0. The van der Waals surface area contributed by atoms with Gasteiger partial charge in [0.2, 0.25) is 10.0 Å². The molecule has 2 rings (SSSR count). The van der Waals surface area contributed by atoms with Crippen LogP contribution in [0.3, 0.4) is 0 Å². The zero-order valence-corrected chi connectivity index (χ0v) is 13.6. The first kappa shape index (κ1) is 17.4. The minimum Gasteiger partial charge on any atom is -0.326 e. The van der Waals surface area contributed by atoms with Gasteiger partial charge < -0.3 is 5.73 Å². The van der Waals surface area contributed by atoms with Crippen molar-refractivity contribution in [1.82, 2.24) is 4.31 Å². The van der Waals surface area contributed by atoms with Gasteiger partial charge in [-0.2, -0.15) is 4.31 Å². The number of nitrogens with zero attached hydrogens (tertiary/aromatic N) is 1. The Bertz CT molecular complexity index is 529. The van der Waals surface area contributed by atoms with E-state index in [4.69, 9.17) is 5.73 Å². The molecule has 1 aliphatic heterocycles. The van der Waals surface area contributed by atoms with Crippen LogP contribution in [0.4, 0.5) is 0 Å². The van der Waals surface area contributed by atoms with E-state index >= 15 is 0 Å². The maximum atomic E-state index is 12.7. The van der Waals surface area contributed by atoms with Gasteiger partial charge in [0, 0.05) is 18.6 Å². The average molecular weight is 319 g/mol. The number of piperidine rings is 1. The maximum Gasteiger partial charge on any atom is 0.243 e. The molecule has 2 N–H and O–H groups in total. The molecule has 0 bridgehead atoms. The van der Waals surface area contributed by atoms with E-state index in [0.29, 0.717) is 11.4 Å². The highest BCUT2D eigenvalue weighted by molar-refractivity contribution is 7.89. The minimum absolute atomic E-state index is 0. The van der Waals surface area contributed by atoms with Crippen LogP contribution in [-0.4, -0.2) is 31.4 Å². The van der Waals surface area contributed by atoms with Gasteiger partial charge in [-0.25, -0.2) is 8.42 Å². The predicted octanol–water partition coefficient (Wildman–Crippen LogP) is 2.31. The molecule has 1 aromatic rings. The fourth-order valence-electron chi connectivity index (χ4n) is 2.60. The van der Waals surface area contributed by atoms with E-state index in [2.05, 4.69) is 0 Å². The molecule has 2 atom stereocenters. The summed E-state index contributed by atoms with van der Waals surface area (Å²) >= 11 is 0. The van der Waals surface area contributed by atoms with Crippen molar-refractivity contribution in [2.45, 2.75) is 50.1 Å². The Labute approximate surface area is 127 Å². The van der Waals surface area contributed by atoms with E-state index in [0.717, 1.165) is 24.8 Å². The van der Waals surface area contributed by atoms with E-state index in [-0.39, 0.29) is 24.5 Å². The van der Waals surface area contributed by atoms with Crippen LogP contribution in [0, 0.1) is 6.92 Å². The topological polar surface area (TPSA) is 63.4 Å². The van der Waals surface area contributed by atoms with Gasteiger partial charge in [-0.1, -0.05) is 24.1 Å². The van der Waals surface area contributed by atoms with Crippen LogP contribution in [0.2, 0.25) is 0 Å². The summed E-state index contributed by atoms with van der Waals surface area (Å²) in [4.78, 5) is 0.366. The summed E-state index contributed by atoms with van der Waals surface area (Å²) < 4.78 is 27.0. The second-order valence-electron chi connectivity index (χ2n) is 5.35. The fraction of sp³-hybridized carbons (Fsp3) is 0.571. The van der Waals surface area contributed by atoms with Crippen LogP contribution < -0.4 is 5.73 Å². The molecule has 20 heavy (non-hydrogen) atoms. The highest BCUT2D eigenvalue weighted by atomic mass is 35.5. The summed E-state index contributed by atoms with van der Waals surface area (Å²) in [7, 11) is -3.42. The molecule has 0 amide bonds. The summed E-state index contributed by atoms with van der Waals surface area (Å²) in [6.45, 7) is 4.40. The molecule has 1 heterocycles. The second-order valence-corrected chi connectivity index (χ2v) is 7.24. The highest BCUT2D eigenvalue weighted by Gasteiger charge is 2.35. The van der Waals surface area contributed by atoms with E-state index in [9.17, 15) is 8.42 Å². The SMILES string of the molecule is Cc1ccc(S(=O)(=O)N2CCCCC2C(C)N)cc1.Cl. The molecule has 1 fully saturated rings. The Morgan fingerprint density at radius 3 is 2.40 bits per heavy atom. The Kier molecular flexibility index (Phi) is 6.01. The first-order valence-corrected chi connectivity index (χ1v) is 8.21. The van der Waals surface area contributed by atoms with Gasteiger partial charge >= 0.3 is 0 Å². The molecule has 0 spiro atoms. The molecular formula is C14H23ClN2O2S. The maximum absolute atomic E-state index is 12.7. The van der Waals surface area contributed by atoms with Crippen molar-refractivity contribution in [3.8, 4) is 0 Å². The molecule has 6 heteroatoms. The van der Waals surface area contributed by atoms with Crippen LogP contribution in [0.5, 0.6) is 0 Å². The van der Waals surface area contributed by atoms with Crippen LogP contribution in [0.25, 0.3) is 0 Å². The van der Waals surface area contributed by atoms with Gasteiger partial charge in [-0.15, -0.1) is 12.4 Å². The van der Waals surface area contributed by atoms with Gasteiger partial charge in [-0.05, 0) is 38.8 Å². The zero-order chi connectivity index (χ0) is 14.0. The van der Waals surface area contributed by atoms with Crippen LogP contribution in [0.1, 0.15) is 31.7 Å². The van der Waals surface area contributed by atoms with Crippen LogP contribution in [0.15, 0.2) is 29.2 Å². The Morgan fingerprint density at radius 1 is 1.25 bits per heavy atom. The van der Waals surface area contributed by atoms with Crippen LogP contribution in [-0.2, 0) is 10.0 Å². The molecule has 114 valence electrons. The highest BCUT2D eigenvalue weighted by Crippen LogP contribution is 2.26. The monoisotopic (exact) mass is 318 g/mol. The third kappa shape index (κ3) is 3.52. The fourth-order valence-corrected chi connectivity index (χ4v) is 4.37. The smallest absolute Gasteiger partial charge is 0.243 e. The lowest BCUT2D eigenvalue weighted by Gasteiger charge is -2.36. The average Bonchev–Trinajstić information content (AvgIpc) is 2.39. The van der Waals surface area contributed by atoms with Crippen molar-refractivity contribution in [2.24, 2.45) is 5.73 Å². The molecule has 0 saturated carbocycles. The quantitative estimate of drug-likeness (QED) is 0.930. The summed E-state index contributed by atoms with van der Waals surface area (Å²) in [5.41, 5.74) is 7.01. The van der Waals surface area contributed by atoms with E-state index in [1.165, 1.54) is 0 Å². The first-order valence-electron chi connectivity index (χ1n) is 6.77.